The van der Waals surface area contributed by atoms with Gasteiger partial charge in [-0.2, -0.15) is 0 Å². The van der Waals surface area contributed by atoms with Crippen LogP contribution in [0.5, 0.6) is 0 Å². The van der Waals surface area contributed by atoms with Gasteiger partial charge in [-0.15, -0.1) is 11.3 Å². The van der Waals surface area contributed by atoms with Crippen LogP contribution < -0.4 is 4.90 Å². The van der Waals surface area contributed by atoms with E-state index in [9.17, 15) is 9.18 Å². The lowest BCUT2D eigenvalue weighted by Gasteiger charge is -2.18. The molecule has 0 aliphatic rings. The number of halogens is 1. The van der Waals surface area contributed by atoms with Gasteiger partial charge in [0.05, 0.1) is 21.5 Å². The summed E-state index contributed by atoms with van der Waals surface area (Å²) in [6, 6.07) is 22.2. The smallest absolute Gasteiger partial charge is 0.277 e. The molecule has 3 aromatic carbocycles. The lowest BCUT2D eigenvalue weighted by Crippen LogP contribution is -2.30. The molecule has 142 valence electrons. The van der Waals surface area contributed by atoms with Crippen molar-refractivity contribution in [3.63, 3.8) is 0 Å². The SMILES string of the molecule is O=C(c1nc2ccccc2s1)N(Cc1ccccc1)c1nc2c(F)cccc2s1. The Labute approximate surface area is 173 Å². The van der Waals surface area contributed by atoms with E-state index < -0.39 is 5.82 Å². The fraction of sp³-hybridized carbons (Fsp3) is 0.0455. The van der Waals surface area contributed by atoms with Gasteiger partial charge in [0.15, 0.2) is 10.1 Å². The third-order valence-corrected chi connectivity index (χ3v) is 6.56. The Kier molecular flexibility index (Phi) is 4.54. The lowest BCUT2D eigenvalue weighted by molar-refractivity contribution is 0.0985. The normalized spacial score (nSPS) is 11.2. The maximum Gasteiger partial charge on any atom is 0.289 e. The van der Waals surface area contributed by atoms with Crippen molar-refractivity contribution in [3.05, 3.63) is 89.2 Å². The summed E-state index contributed by atoms with van der Waals surface area (Å²) in [5.41, 5.74) is 2.03. The van der Waals surface area contributed by atoms with Crippen LogP contribution in [0.25, 0.3) is 20.4 Å². The molecule has 0 saturated heterocycles. The summed E-state index contributed by atoms with van der Waals surface area (Å²) in [6.45, 7) is 0.330. The number of carbonyl (C=O) groups excluding carboxylic acids is 1. The standard InChI is InChI=1S/C22H14FN3OS2/c23-15-9-6-12-18-19(15)25-22(29-18)26(13-14-7-2-1-3-8-14)21(27)20-24-16-10-4-5-11-17(16)28-20/h1-12H,13H2. The fourth-order valence-corrected chi connectivity index (χ4v) is 4.98. The van der Waals surface area contributed by atoms with Gasteiger partial charge in [-0.3, -0.25) is 9.69 Å². The molecular formula is C22H14FN3OS2. The van der Waals surface area contributed by atoms with Crippen molar-refractivity contribution in [2.24, 2.45) is 0 Å². The number of anilines is 1. The highest BCUT2D eigenvalue weighted by atomic mass is 32.1. The number of para-hydroxylation sites is 2. The first kappa shape index (κ1) is 17.9. The number of rotatable bonds is 4. The molecule has 0 radical (unpaired) electrons. The first-order valence-electron chi connectivity index (χ1n) is 8.95. The Hall–Kier alpha value is -3.16. The van der Waals surface area contributed by atoms with E-state index in [1.54, 1.807) is 11.0 Å². The molecule has 2 heterocycles. The largest absolute Gasteiger partial charge is 0.289 e. The Balaban J connectivity index is 1.60. The average Bonchev–Trinajstić information content (AvgIpc) is 3.37. The van der Waals surface area contributed by atoms with E-state index in [0.717, 1.165) is 15.8 Å². The summed E-state index contributed by atoms with van der Waals surface area (Å²) in [4.78, 5) is 23.9. The van der Waals surface area contributed by atoms with Crippen LogP contribution in [0.1, 0.15) is 15.4 Å². The molecule has 0 fully saturated rings. The van der Waals surface area contributed by atoms with Crippen LogP contribution in [-0.2, 0) is 6.54 Å². The van der Waals surface area contributed by atoms with Crippen molar-refractivity contribution in [2.75, 3.05) is 4.90 Å². The topological polar surface area (TPSA) is 46.1 Å². The van der Waals surface area contributed by atoms with Gasteiger partial charge in [0.25, 0.3) is 5.91 Å². The van der Waals surface area contributed by atoms with Crippen LogP contribution in [0, 0.1) is 5.82 Å². The number of benzene rings is 3. The number of hydrogen-bond donors (Lipinski definition) is 0. The molecule has 0 aliphatic carbocycles. The summed E-state index contributed by atoms with van der Waals surface area (Å²) in [7, 11) is 0. The zero-order chi connectivity index (χ0) is 19.8. The van der Waals surface area contributed by atoms with Gasteiger partial charge in [-0.25, -0.2) is 14.4 Å². The third kappa shape index (κ3) is 3.39. The van der Waals surface area contributed by atoms with Crippen LogP contribution in [0.3, 0.4) is 0 Å². The summed E-state index contributed by atoms with van der Waals surface area (Å²) < 4.78 is 15.8. The molecule has 7 heteroatoms. The van der Waals surface area contributed by atoms with E-state index in [-0.39, 0.29) is 11.4 Å². The van der Waals surface area contributed by atoms with Crippen LogP contribution >= 0.6 is 22.7 Å². The highest BCUT2D eigenvalue weighted by Crippen LogP contribution is 2.33. The van der Waals surface area contributed by atoms with Gasteiger partial charge in [-0.1, -0.05) is 59.9 Å². The zero-order valence-corrected chi connectivity index (χ0v) is 16.7. The van der Waals surface area contributed by atoms with Crippen molar-refractivity contribution >= 4 is 54.1 Å². The van der Waals surface area contributed by atoms with E-state index in [2.05, 4.69) is 9.97 Å². The van der Waals surface area contributed by atoms with Gasteiger partial charge in [0.1, 0.15) is 11.3 Å². The second-order valence-corrected chi connectivity index (χ2v) is 8.49. The molecule has 1 amide bonds. The van der Waals surface area contributed by atoms with Gasteiger partial charge in [0, 0.05) is 0 Å². The minimum atomic E-state index is -0.392. The van der Waals surface area contributed by atoms with Crippen LogP contribution in [0.2, 0.25) is 0 Å². The molecule has 0 aliphatic heterocycles. The van der Waals surface area contributed by atoms with Gasteiger partial charge in [0.2, 0.25) is 0 Å². The van der Waals surface area contributed by atoms with E-state index in [1.807, 2.05) is 60.7 Å². The van der Waals surface area contributed by atoms with Crippen molar-refractivity contribution in [2.45, 2.75) is 6.54 Å². The number of hydrogen-bond acceptors (Lipinski definition) is 5. The maximum atomic E-state index is 14.2. The predicted molar refractivity (Wildman–Crippen MR) is 116 cm³/mol. The predicted octanol–water partition coefficient (Wildman–Crippen LogP) is 5.89. The average molecular weight is 420 g/mol. The van der Waals surface area contributed by atoms with Crippen LogP contribution in [0.4, 0.5) is 9.52 Å². The fourth-order valence-electron chi connectivity index (χ4n) is 3.09. The number of carbonyl (C=O) groups is 1. The molecule has 5 aromatic rings. The lowest BCUT2D eigenvalue weighted by atomic mass is 10.2. The number of thiazole rings is 2. The molecular weight excluding hydrogens is 405 g/mol. The third-order valence-electron chi connectivity index (χ3n) is 4.49. The van der Waals surface area contributed by atoms with E-state index in [4.69, 9.17) is 0 Å². The van der Waals surface area contributed by atoms with Gasteiger partial charge >= 0.3 is 0 Å². The molecule has 4 nitrogen and oxygen atoms in total. The van der Waals surface area contributed by atoms with Gasteiger partial charge in [-0.05, 0) is 29.8 Å². The van der Waals surface area contributed by atoms with E-state index >= 15 is 0 Å². The first-order chi connectivity index (χ1) is 14.2. The monoisotopic (exact) mass is 419 g/mol. The highest BCUT2D eigenvalue weighted by molar-refractivity contribution is 7.22. The quantitative estimate of drug-likeness (QED) is 0.365. The summed E-state index contributed by atoms with van der Waals surface area (Å²) >= 11 is 2.65. The van der Waals surface area contributed by atoms with E-state index in [1.165, 1.54) is 28.7 Å². The molecule has 0 N–H and O–H groups in total. The number of aromatic nitrogens is 2. The second-order valence-electron chi connectivity index (χ2n) is 6.45. The molecule has 0 spiro atoms. The zero-order valence-electron chi connectivity index (χ0n) is 15.1. The highest BCUT2D eigenvalue weighted by Gasteiger charge is 2.25. The van der Waals surface area contributed by atoms with Crippen LogP contribution in [0.15, 0.2) is 72.8 Å². The molecule has 0 unspecified atom stereocenters. The Morgan fingerprint density at radius 2 is 1.62 bits per heavy atom. The first-order valence-corrected chi connectivity index (χ1v) is 10.6. The van der Waals surface area contributed by atoms with Gasteiger partial charge < -0.3 is 0 Å². The van der Waals surface area contributed by atoms with Crippen LogP contribution in [-0.4, -0.2) is 15.9 Å². The Bertz CT molecular complexity index is 1300. The second kappa shape index (κ2) is 7.35. The summed E-state index contributed by atoms with van der Waals surface area (Å²) in [6.07, 6.45) is 0. The maximum absolute atomic E-state index is 14.2. The molecule has 0 saturated carbocycles. The molecule has 0 atom stereocenters. The Morgan fingerprint density at radius 3 is 2.41 bits per heavy atom. The van der Waals surface area contributed by atoms with Crippen molar-refractivity contribution < 1.29 is 9.18 Å². The number of nitrogens with zero attached hydrogens (tertiary/aromatic N) is 3. The molecule has 29 heavy (non-hydrogen) atoms. The van der Waals surface area contributed by atoms with E-state index in [0.29, 0.717) is 21.4 Å². The minimum absolute atomic E-state index is 0.241. The molecule has 2 aromatic heterocycles. The number of amides is 1. The molecule has 0 bridgehead atoms. The summed E-state index contributed by atoms with van der Waals surface area (Å²) in [5, 5.41) is 0.847. The van der Waals surface area contributed by atoms with Crippen molar-refractivity contribution in [3.8, 4) is 0 Å². The number of fused-ring (bicyclic) bond motifs is 2. The minimum Gasteiger partial charge on any atom is -0.277 e. The molecule has 5 rings (SSSR count). The van der Waals surface area contributed by atoms with Crippen molar-refractivity contribution in [1.29, 1.82) is 0 Å². The summed E-state index contributed by atoms with van der Waals surface area (Å²) in [5.74, 6) is -0.633. The Morgan fingerprint density at radius 1 is 0.862 bits per heavy atom. The van der Waals surface area contributed by atoms with Crippen molar-refractivity contribution in [1.82, 2.24) is 9.97 Å².